The molecule has 2 rings (SSSR count). The quantitative estimate of drug-likeness (QED) is 0.904. The normalized spacial score (nSPS) is 11.8. The monoisotopic (exact) mass is 252 g/mol. The van der Waals surface area contributed by atoms with Crippen LogP contribution in [-0.4, -0.2) is 21.7 Å². The molecule has 0 saturated heterocycles. The van der Waals surface area contributed by atoms with Crippen LogP contribution < -0.4 is 5.73 Å². The van der Waals surface area contributed by atoms with Crippen molar-refractivity contribution in [2.24, 2.45) is 5.73 Å². The zero-order valence-corrected chi connectivity index (χ0v) is 10.4. The first-order chi connectivity index (χ1) is 8.04. The Kier molecular flexibility index (Phi) is 3.13. The van der Waals surface area contributed by atoms with E-state index in [0.29, 0.717) is 29.0 Å². The highest BCUT2D eigenvalue weighted by Crippen LogP contribution is 2.26. The molecule has 0 atom stereocenters. The molecular formula is C11H13ClN4O. The summed E-state index contributed by atoms with van der Waals surface area (Å²) in [5.74, 6) is 0.865. The lowest BCUT2D eigenvalue weighted by molar-refractivity contribution is 0.311. The van der Waals surface area contributed by atoms with Gasteiger partial charge in [0.1, 0.15) is 5.69 Å². The van der Waals surface area contributed by atoms with Gasteiger partial charge < -0.3 is 10.3 Å². The number of rotatable bonds is 3. The molecule has 90 valence electrons. The smallest absolute Gasteiger partial charge is 0.233 e. The Bertz CT molecular complexity index is 524. The molecule has 0 spiro atoms. The molecule has 17 heavy (non-hydrogen) atoms. The standard InChI is InChI=1S/C11H13ClN4O/c1-11(2,6-13)10-15-9(16-17-10)8-7(12)4-3-5-14-8/h3-5H,6,13H2,1-2H3. The number of halogens is 1. The van der Waals surface area contributed by atoms with Gasteiger partial charge in [-0.2, -0.15) is 4.98 Å². The molecule has 2 heterocycles. The molecule has 0 aromatic carbocycles. The van der Waals surface area contributed by atoms with Gasteiger partial charge >= 0.3 is 0 Å². The van der Waals surface area contributed by atoms with Crippen molar-refractivity contribution in [3.63, 3.8) is 0 Å². The minimum absolute atomic E-state index is 0.355. The number of aromatic nitrogens is 3. The number of pyridine rings is 1. The van der Waals surface area contributed by atoms with Crippen LogP contribution in [0.2, 0.25) is 5.02 Å². The van der Waals surface area contributed by atoms with Gasteiger partial charge in [-0.25, -0.2) is 0 Å². The Morgan fingerprint density at radius 3 is 2.88 bits per heavy atom. The molecule has 2 aromatic rings. The maximum absolute atomic E-state index is 6.01. The summed E-state index contributed by atoms with van der Waals surface area (Å²) in [5, 5.41) is 4.36. The number of nitrogens with two attached hydrogens (primary N) is 1. The molecule has 5 nitrogen and oxygen atoms in total. The molecule has 0 fully saturated rings. The molecule has 0 aliphatic heterocycles. The third-order valence-electron chi connectivity index (χ3n) is 2.49. The number of nitrogens with zero attached hydrogens (tertiary/aromatic N) is 3. The Labute approximate surface area is 104 Å². The third kappa shape index (κ3) is 2.30. The van der Waals surface area contributed by atoms with E-state index in [1.807, 2.05) is 13.8 Å². The lowest BCUT2D eigenvalue weighted by Crippen LogP contribution is -2.28. The van der Waals surface area contributed by atoms with Gasteiger partial charge in [-0.15, -0.1) is 0 Å². The number of hydrogen-bond acceptors (Lipinski definition) is 5. The summed E-state index contributed by atoms with van der Waals surface area (Å²) in [6, 6.07) is 3.48. The fraction of sp³-hybridized carbons (Fsp3) is 0.364. The van der Waals surface area contributed by atoms with E-state index in [1.165, 1.54) is 0 Å². The Balaban J connectivity index is 2.40. The summed E-state index contributed by atoms with van der Waals surface area (Å²) < 4.78 is 5.19. The van der Waals surface area contributed by atoms with Crippen molar-refractivity contribution in [3.05, 3.63) is 29.2 Å². The minimum Gasteiger partial charge on any atom is -0.338 e. The predicted molar refractivity (Wildman–Crippen MR) is 64.6 cm³/mol. The van der Waals surface area contributed by atoms with Crippen molar-refractivity contribution in [1.82, 2.24) is 15.1 Å². The van der Waals surface area contributed by atoms with Crippen molar-refractivity contribution in [1.29, 1.82) is 0 Å². The summed E-state index contributed by atoms with van der Waals surface area (Å²) in [4.78, 5) is 8.40. The van der Waals surface area contributed by atoms with E-state index in [2.05, 4.69) is 15.1 Å². The van der Waals surface area contributed by atoms with E-state index < -0.39 is 0 Å². The average molecular weight is 253 g/mol. The van der Waals surface area contributed by atoms with E-state index >= 15 is 0 Å². The largest absolute Gasteiger partial charge is 0.338 e. The first-order valence-corrected chi connectivity index (χ1v) is 5.57. The fourth-order valence-corrected chi connectivity index (χ4v) is 1.44. The van der Waals surface area contributed by atoms with Crippen LogP contribution in [0.5, 0.6) is 0 Å². The van der Waals surface area contributed by atoms with Crippen molar-refractivity contribution in [2.75, 3.05) is 6.54 Å². The van der Waals surface area contributed by atoms with Gasteiger partial charge in [-0.05, 0) is 26.0 Å². The number of hydrogen-bond donors (Lipinski definition) is 1. The summed E-state index contributed by atoms with van der Waals surface area (Å²) in [7, 11) is 0. The van der Waals surface area contributed by atoms with Crippen molar-refractivity contribution in [3.8, 4) is 11.5 Å². The Morgan fingerprint density at radius 1 is 1.47 bits per heavy atom. The highest BCUT2D eigenvalue weighted by Gasteiger charge is 2.26. The van der Waals surface area contributed by atoms with E-state index in [-0.39, 0.29) is 5.41 Å². The maximum atomic E-state index is 6.01. The Morgan fingerprint density at radius 2 is 2.24 bits per heavy atom. The van der Waals surface area contributed by atoms with E-state index in [1.54, 1.807) is 18.3 Å². The molecule has 0 bridgehead atoms. The lowest BCUT2D eigenvalue weighted by atomic mass is 9.94. The second kappa shape index (κ2) is 4.43. The lowest BCUT2D eigenvalue weighted by Gasteiger charge is -2.15. The van der Waals surface area contributed by atoms with Gasteiger partial charge in [-0.1, -0.05) is 16.8 Å². The van der Waals surface area contributed by atoms with Crippen molar-refractivity contribution >= 4 is 11.6 Å². The minimum atomic E-state index is -0.355. The molecule has 2 aromatic heterocycles. The van der Waals surface area contributed by atoms with Crippen molar-refractivity contribution in [2.45, 2.75) is 19.3 Å². The molecule has 0 aliphatic carbocycles. The third-order valence-corrected chi connectivity index (χ3v) is 2.79. The van der Waals surface area contributed by atoms with Gasteiger partial charge in [-0.3, -0.25) is 4.98 Å². The summed E-state index contributed by atoms with van der Waals surface area (Å²) >= 11 is 6.01. The van der Waals surface area contributed by atoms with E-state index in [4.69, 9.17) is 21.9 Å². The highest BCUT2D eigenvalue weighted by molar-refractivity contribution is 6.32. The van der Waals surface area contributed by atoms with Crippen LogP contribution in [0.1, 0.15) is 19.7 Å². The van der Waals surface area contributed by atoms with Crippen LogP contribution in [-0.2, 0) is 5.41 Å². The van der Waals surface area contributed by atoms with Gasteiger partial charge in [0.25, 0.3) is 0 Å². The first-order valence-electron chi connectivity index (χ1n) is 5.20. The van der Waals surface area contributed by atoms with E-state index in [9.17, 15) is 0 Å². The van der Waals surface area contributed by atoms with Crippen LogP contribution in [0.3, 0.4) is 0 Å². The molecule has 0 unspecified atom stereocenters. The van der Waals surface area contributed by atoms with Crippen molar-refractivity contribution < 1.29 is 4.52 Å². The maximum Gasteiger partial charge on any atom is 0.233 e. The SMILES string of the molecule is CC(C)(CN)c1nc(-c2ncccc2Cl)no1. The molecule has 6 heteroatoms. The zero-order chi connectivity index (χ0) is 12.5. The first kappa shape index (κ1) is 12.0. The predicted octanol–water partition coefficient (Wildman–Crippen LogP) is 2.02. The van der Waals surface area contributed by atoms with Gasteiger partial charge in [0.15, 0.2) is 0 Å². The van der Waals surface area contributed by atoms with Crippen LogP contribution in [0.4, 0.5) is 0 Å². The highest BCUT2D eigenvalue weighted by atomic mass is 35.5. The topological polar surface area (TPSA) is 77.8 Å². The average Bonchev–Trinajstić information content (AvgIpc) is 2.79. The van der Waals surface area contributed by atoms with Crippen LogP contribution in [0, 0.1) is 0 Å². The molecule has 0 aliphatic rings. The van der Waals surface area contributed by atoms with E-state index in [0.717, 1.165) is 0 Å². The molecule has 0 radical (unpaired) electrons. The van der Waals surface area contributed by atoms with Crippen LogP contribution >= 0.6 is 11.6 Å². The molecule has 0 saturated carbocycles. The molecule has 2 N–H and O–H groups in total. The summed E-state index contributed by atoms with van der Waals surface area (Å²) in [6.07, 6.45) is 1.63. The summed E-state index contributed by atoms with van der Waals surface area (Å²) in [5.41, 5.74) is 5.80. The molecular weight excluding hydrogens is 240 g/mol. The van der Waals surface area contributed by atoms with Crippen LogP contribution in [0.15, 0.2) is 22.9 Å². The second-order valence-corrected chi connectivity index (χ2v) is 4.75. The second-order valence-electron chi connectivity index (χ2n) is 4.34. The van der Waals surface area contributed by atoms with Gasteiger partial charge in [0.2, 0.25) is 11.7 Å². The fourth-order valence-electron chi connectivity index (χ4n) is 1.23. The Hall–Kier alpha value is -1.46. The van der Waals surface area contributed by atoms with Crippen LogP contribution in [0.25, 0.3) is 11.5 Å². The van der Waals surface area contributed by atoms with Gasteiger partial charge in [0, 0.05) is 12.7 Å². The molecule has 0 amide bonds. The summed E-state index contributed by atoms with van der Waals surface area (Å²) in [6.45, 7) is 4.29. The van der Waals surface area contributed by atoms with Gasteiger partial charge in [0.05, 0.1) is 10.4 Å². The zero-order valence-electron chi connectivity index (χ0n) is 9.64.